The third-order valence-corrected chi connectivity index (χ3v) is 8.85. The lowest BCUT2D eigenvalue weighted by Crippen LogP contribution is -2.74. The summed E-state index contributed by atoms with van der Waals surface area (Å²) in [5.41, 5.74) is -0.358. The predicted molar refractivity (Wildman–Crippen MR) is 129 cm³/mol. The first kappa shape index (κ1) is 27.5. The summed E-state index contributed by atoms with van der Waals surface area (Å²) in [6.45, 7) is 4.35. The molecule has 2 N–H and O–H groups in total. The highest BCUT2D eigenvalue weighted by atomic mass is 35.5. The number of rotatable bonds is 9. The number of hydrogen-bond donors (Lipinski definition) is 2. The Balaban J connectivity index is 1.86. The van der Waals surface area contributed by atoms with Crippen molar-refractivity contribution in [3.63, 3.8) is 0 Å². The van der Waals surface area contributed by atoms with E-state index in [4.69, 9.17) is 35.7 Å². The molecule has 0 aromatic heterocycles. The first-order valence-electron chi connectivity index (χ1n) is 11.9. The van der Waals surface area contributed by atoms with E-state index in [1.807, 2.05) is 0 Å². The van der Waals surface area contributed by atoms with Gasteiger partial charge in [0.1, 0.15) is 0 Å². The van der Waals surface area contributed by atoms with Gasteiger partial charge in [-0.25, -0.2) is 19.1 Å². The molecule has 3 aliphatic rings. The van der Waals surface area contributed by atoms with E-state index in [1.165, 1.54) is 25.7 Å². The van der Waals surface area contributed by atoms with Crippen LogP contribution >= 0.6 is 19.4 Å². The second kappa shape index (κ2) is 10.3. The lowest BCUT2D eigenvalue weighted by molar-refractivity contribution is -0.642. The number of phosphoric acid groups is 1. The summed E-state index contributed by atoms with van der Waals surface area (Å²) >= 11 is 6.82. The van der Waals surface area contributed by atoms with Crippen molar-refractivity contribution in [1.82, 2.24) is 0 Å². The number of carbonyl (C=O) groups is 1. The van der Waals surface area contributed by atoms with Gasteiger partial charge in [-0.3, -0.25) is 4.89 Å². The lowest BCUT2D eigenvalue weighted by atomic mass is 9.53. The van der Waals surface area contributed by atoms with E-state index in [0.29, 0.717) is 17.4 Å². The van der Waals surface area contributed by atoms with Crippen LogP contribution in [0.2, 0.25) is 5.02 Å². The highest BCUT2D eigenvalue weighted by Crippen LogP contribution is 2.66. The molecule has 0 amide bonds. The van der Waals surface area contributed by atoms with E-state index >= 15 is 0 Å². The largest absolute Gasteiger partial charge is 0.555 e. The normalized spacial score (nSPS) is 35.4. The van der Waals surface area contributed by atoms with E-state index < -0.39 is 25.2 Å². The molecule has 4 rings (SSSR count). The minimum atomic E-state index is -4.77. The average Bonchev–Trinajstić information content (AvgIpc) is 2.79. The minimum Gasteiger partial charge on any atom is -0.478 e. The van der Waals surface area contributed by atoms with Crippen LogP contribution in [0.4, 0.5) is 0 Å². The second-order valence-electron chi connectivity index (χ2n) is 9.81. The fourth-order valence-electron chi connectivity index (χ4n) is 6.55. The van der Waals surface area contributed by atoms with Gasteiger partial charge in [-0.15, -0.1) is 4.67 Å². The van der Waals surface area contributed by atoms with Crippen LogP contribution in [-0.2, 0) is 39.2 Å². The first-order chi connectivity index (χ1) is 17.0. The summed E-state index contributed by atoms with van der Waals surface area (Å²) < 4.78 is 28.1. The number of halogens is 1. The zero-order valence-corrected chi connectivity index (χ0v) is 22.3. The first-order valence-corrected chi connectivity index (χ1v) is 13.8. The number of hydrogen-bond acceptors (Lipinski definition) is 8. The number of aliphatic carboxylic acids is 1. The third-order valence-electron chi connectivity index (χ3n) is 7.73. The molecule has 10 nitrogen and oxygen atoms in total. The Bertz CT molecular complexity index is 1070. The summed E-state index contributed by atoms with van der Waals surface area (Å²) in [6, 6.07) is 3.14. The highest BCUT2D eigenvalue weighted by Gasteiger charge is 2.74. The van der Waals surface area contributed by atoms with Crippen molar-refractivity contribution in [1.29, 1.82) is 0 Å². The molecule has 2 aliphatic carbocycles. The standard InChI is InChI=1S/C24H32ClO10P/c1-5-17-12-15-10-14(2)11-18(13-15)23(17)24(30-3,34-33-23)19-8-6-16(7-9-20(26)27)22(21(19)25)32-36(28,29)35-31-4/h6-9,14-15,17-18H,5,10-13H2,1-4H3,(H,26,27)(H,28,29)/b9-7+. The summed E-state index contributed by atoms with van der Waals surface area (Å²) in [6.07, 6.45) is 6.93. The molecule has 1 heterocycles. The van der Waals surface area contributed by atoms with Crippen molar-refractivity contribution in [3.8, 4) is 5.75 Å². The van der Waals surface area contributed by atoms with Crippen LogP contribution in [0.1, 0.15) is 57.1 Å². The fourth-order valence-corrected chi connectivity index (χ4v) is 7.59. The number of carboxylic acids is 1. The second-order valence-corrected chi connectivity index (χ2v) is 11.5. The van der Waals surface area contributed by atoms with Gasteiger partial charge in [-0.1, -0.05) is 44.0 Å². The van der Waals surface area contributed by atoms with Crippen molar-refractivity contribution in [3.05, 3.63) is 34.4 Å². The van der Waals surface area contributed by atoms with Crippen molar-refractivity contribution in [2.24, 2.45) is 23.7 Å². The minimum absolute atomic E-state index is 0.0955. The van der Waals surface area contributed by atoms with Crippen LogP contribution in [0, 0.1) is 23.7 Å². The molecule has 1 spiro atoms. The number of methoxy groups -OCH3 is 1. The maximum absolute atomic E-state index is 12.4. The topological polar surface area (TPSA) is 130 Å². The van der Waals surface area contributed by atoms with Crippen LogP contribution in [0.25, 0.3) is 6.08 Å². The fraction of sp³-hybridized carbons (Fsp3) is 0.625. The molecule has 1 aromatic rings. The van der Waals surface area contributed by atoms with Crippen molar-refractivity contribution in [2.45, 2.75) is 57.3 Å². The summed E-state index contributed by atoms with van der Waals surface area (Å²) in [5.74, 6) is -1.54. The van der Waals surface area contributed by atoms with Gasteiger partial charge in [0.15, 0.2) is 11.4 Å². The molecule has 1 aliphatic heterocycles. The lowest BCUT2D eigenvalue weighted by Gasteiger charge is -2.65. The predicted octanol–water partition coefficient (Wildman–Crippen LogP) is 5.48. The van der Waals surface area contributed by atoms with Crippen molar-refractivity contribution < 1.29 is 48.0 Å². The molecule has 200 valence electrons. The monoisotopic (exact) mass is 546 g/mol. The van der Waals surface area contributed by atoms with Gasteiger partial charge in [-0.05, 0) is 55.4 Å². The van der Waals surface area contributed by atoms with Gasteiger partial charge in [0.25, 0.3) is 5.79 Å². The molecule has 3 fully saturated rings. The SMILES string of the molecule is CCC1CC2CC(C)CC(C2)C12OOC2(OC)c1ccc(/C=C/C(=O)O)c(OP(=O)(O)OOC)c1Cl. The van der Waals surface area contributed by atoms with Crippen molar-refractivity contribution in [2.75, 3.05) is 14.2 Å². The van der Waals surface area contributed by atoms with Gasteiger partial charge in [-0.2, -0.15) is 4.89 Å². The number of carboxylic acid groups (broad SMARTS) is 1. The zero-order valence-electron chi connectivity index (χ0n) is 20.6. The molecule has 1 saturated heterocycles. The Morgan fingerprint density at radius 2 is 2.00 bits per heavy atom. The van der Waals surface area contributed by atoms with Crippen LogP contribution in [0.3, 0.4) is 0 Å². The maximum atomic E-state index is 12.4. The Kier molecular flexibility index (Phi) is 7.91. The maximum Gasteiger partial charge on any atom is 0.555 e. The molecule has 7 unspecified atom stereocenters. The smallest absolute Gasteiger partial charge is 0.478 e. The molecular weight excluding hydrogens is 515 g/mol. The van der Waals surface area contributed by atoms with Gasteiger partial charge in [0.2, 0.25) is 0 Å². The summed E-state index contributed by atoms with van der Waals surface area (Å²) in [7, 11) is -2.22. The average molecular weight is 547 g/mol. The van der Waals surface area contributed by atoms with E-state index in [1.54, 1.807) is 6.07 Å². The van der Waals surface area contributed by atoms with E-state index in [-0.39, 0.29) is 28.2 Å². The number of phosphoric ester groups is 1. The van der Waals surface area contributed by atoms with Crippen LogP contribution < -0.4 is 4.52 Å². The van der Waals surface area contributed by atoms with E-state index in [9.17, 15) is 14.3 Å². The Hall–Kier alpha value is -1.49. The van der Waals surface area contributed by atoms with Crippen LogP contribution in [0.5, 0.6) is 5.75 Å². The quantitative estimate of drug-likeness (QED) is 0.178. The van der Waals surface area contributed by atoms with Gasteiger partial charge in [0.05, 0.1) is 12.1 Å². The third kappa shape index (κ3) is 4.52. The number of benzene rings is 1. The number of fused-ring (bicyclic) bond motifs is 3. The molecule has 2 saturated carbocycles. The summed E-state index contributed by atoms with van der Waals surface area (Å²) in [4.78, 5) is 37.4. The molecule has 36 heavy (non-hydrogen) atoms. The highest BCUT2D eigenvalue weighted by molar-refractivity contribution is 7.47. The summed E-state index contributed by atoms with van der Waals surface area (Å²) in [5, 5.41) is 8.99. The zero-order chi connectivity index (χ0) is 26.3. The van der Waals surface area contributed by atoms with Gasteiger partial charge < -0.3 is 14.4 Å². The van der Waals surface area contributed by atoms with E-state index in [0.717, 1.165) is 38.9 Å². The van der Waals surface area contributed by atoms with Crippen molar-refractivity contribution >= 4 is 31.5 Å². The Morgan fingerprint density at radius 1 is 1.25 bits per heavy atom. The van der Waals surface area contributed by atoms with Gasteiger partial charge >= 0.3 is 13.8 Å². The molecule has 12 heteroatoms. The van der Waals surface area contributed by atoms with Crippen LogP contribution in [-0.4, -0.2) is 35.8 Å². The Labute approximate surface area is 214 Å². The molecule has 2 bridgehead atoms. The number of ether oxygens (including phenoxy) is 1. The molecule has 0 radical (unpaired) electrons. The molecular formula is C24H32ClO10P. The Morgan fingerprint density at radius 3 is 2.58 bits per heavy atom. The van der Waals surface area contributed by atoms with Gasteiger partial charge in [0, 0.05) is 24.3 Å². The van der Waals surface area contributed by atoms with E-state index in [2.05, 4.69) is 23.4 Å². The molecule has 7 atom stereocenters. The molecule has 1 aromatic carbocycles. The van der Waals surface area contributed by atoms with Crippen LogP contribution in [0.15, 0.2) is 18.2 Å².